The molecule has 24 heavy (non-hydrogen) atoms. The lowest BCUT2D eigenvalue weighted by Gasteiger charge is -2.09. The zero-order chi connectivity index (χ0) is 17.7. The Hall–Kier alpha value is -2.35. The monoisotopic (exact) mass is 341 g/mol. The highest BCUT2D eigenvalue weighted by Crippen LogP contribution is 2.16. The van der Waals surface area contributed by atoms with E-state index in [0.717, 1.165) is 11.4 Å². The molecule has 130 valence electrons. The number of hydrogen-bond donors (Lipinski definition) is 1. The molecule has 1 N–H and O–H groups in total. The summed E-state index contributed by atoms with van der Waals surface area (Å²) in [6.07, 6.45) is -4.37. The number of alkyl halides is 3. The van der Waals surface area contributed by atoms with Gasteiger partial charge in [0.05, 0.1) is 18.8 Å². The zero-order valence-corrected chi connectivity index (χ0v) is 13.4. The second kappa shape index (κ2) is 7.48. The van der Waals surface area contributed by atoms with Gasteiger partial charge < -0.3 is 10.1 Å². The molecule has 1 aromatic heterocycles. The predicted octanol–water partition coefficient (Wildman–Crippen LogP) is 2.74. The first-order valence-corrected chi connectivity index (χ1v) is 7.26. The van der Waals surface area contributed by atoms with Gasteiger partial charge in [-0.3, -0.25) is 9.48 Å². The molecular weight excluding hydrogens is 323 g/mol. The van der Waals surface area contributed by atoms with Crippen molar-refractivity contribution in [2.24, 2.45) is 7.05 Å². The average molecular weight is 341 g/mol. The first-order chi connectivity index (χ1) is 11.2. The lowest BCUT2D eigenvalue weighted by atomic mass is 10.1. The van der Waals surface area contributed by atoms with Crippen LogP contribution in [0.3, 0.4) is 0 Å². The number of nitrogens with one attached hydrogen (secondary N) is 1. The number of halogens is 3. The standard InChI is InChI=1S/C16H18F3N3O2/c1-11-6-14(21-22(11)2)8-20-15(23)13-5-3-4-12(7-13)9-24-10-16(17,18)19/h3-7H,8-10H2,1-2H3,(H,20,23). The summed E-state index contributed by atoms with van der Waals surface area (Å²) >= 11 is 0. The Balaban J connectivity index is 1.91. The van der Waals surface area contributed by atoms with Crippen molar-refractivity contribution >= 4 is 5.91 Å². The van der Waals surface area contributed by atoms with Crippen LogP contribution in [-0.4, -0.2) is 28.5 Å². The molecule has 0 spiro atoms. The zero-order valence-electron chi connectivity index (χ0n) is 13.4. The first-order valence-electron chi connectivity index (χ1n) is 7.26. The summed E-state index contributed by atoms with van der Waals surface area (Å²) in [5.74, 6) is -0.323. The maximum atomic E-state index is 12.1. The molecular formula is C16H18F3N3O2. The number of ether oxygens (including phenoxy) is 1. The molecule has 8 heteroatoms. The fourth-order valence-electron chi connectivity index (χ4n) is 2.08. The van der Waals surface area contributed by atoms with Crippen LogP contribution in [0.5, 0.6) is 0 Å². The van der Waals surface area contributed by atoms with Gasteiger partial charge in [-0.2, -0.15) is 18.3 Å². The second-order valence-electron chi connectivity index (χ2n) is 5.39. The molecule has 0 atom stereocenters. The van der Waals surface area contributed by atoms with Gasteiger partial charge in [0.1, 0.15) is 6.61 Å². The van der Waals surface area contributed by atoms with E-state index in [4.69, 9.17) is 0 Å². The van der Waals surface area contributed by atoms with Gasteiger partial charge in [-0.15, -0.1) is 0 Å². The van der Waals surface area contributed by atoms with Crippen LogP contribution in [0.1, 0.15) is 27.3 Å². The van der Waals surface area contributed by atoms with Gasteiger partial charge in [-0.05, 0) is 30.7 Å². The van der Waals surface area contributed by atoms with Crippen molar-refractivity contribution in [3.8, 4) is 0 Å². The summed E-state index contributed by atoms with van der Waals surface area (Å²) in [5.41, 5.74) is 2.56. The number of amides is 1. The van der Waals surface area contributed by atoms with Crippen molar-refractivity contribution < 1.29 is 22.7 Å². The third-order valence-electron chi connectivity index (χ3n) is 3.32. The molecule has 0 unspecified atom stereocenters. The smallest absolute Gasteiger partial charge is 0.367 e. The van der Waals surface area contributed by atoms with Crippen LogP contribution in [0.4, 0.5) is 13.2 Å². The van der Waals surface area contributed by atoms with Crippen molar-refractivity contribution in [2.75, 3.05) is 6.61 Å². The predicted molar refractivity (Wildman–Crippen MR) is 81.3 cm³/mol. The van der Waals surface area contributed by atoms with Crippen LogP contribution in [0, 0.1) is 6.92 Å². The summed E-state index contributed by atoms with van der Waals surface area (Å²) < 4.78 is 42.5. The van der Waals surface area contributed by atoms with Gasteiger partial charge in [0.15, 0.2) is 0 Å². The third kappa shape index (κ3) is 5.38. The van der Waals surface area contributed by atoms with E-state index in [0.29, 0.717) is 11.1 Å². The van der Waals surface area contributed by atoms with Crippen molar-refractivity contribution in [3.05, 3.63) is 52.8 Å². The normalized spacial score (nSPS) is 11.5. The minimum Gasteiger partial charge on any atom is -0.367 e. The molecule has 0 aliphatic rings. The molecule has 1 amide bonds. The molecule has 2 rings (SSSR count). The molecule has 5 nitrogen and oxygen atoms in total. The molecule has 2 aromatic rings. The number of aryl methyl sites for hydroxylation is 2. The van der Waals surface area contributed by atoms with E-state index in [1.807, 2.05) is 20.0 Å². The van der Waals surface area contributed by atoms with E-state index >= 15 is 0 Å². The summed E-state index contributed by atoms with van der Waals surface area (Å²) in [5, 5.41) is 6.96. The average Bonchev–Trinajstić information content (AvgIpc) is 2.82. The Labute approximate surface area is 137 Å². The molecule has 0 fully saturated rings. The van der Waals surface area contributed by atoms with Gasteiger partial charge in [0.2, 0.25) is 0 Å². The van der Waals surface area contributed by atoms with Crippen LogP contribution in [-0.2, 0) is 24.9 Å². The lowest BCUT2D eigenvalue weighted by molar-refractivity contribution is -0.176. The molecule has 1 heterocycles. The minimum atomic E-state index is -4.37. The van der Waals surface area contributed by atoms with E-state index in [1.165, 1.54) is 6.07 Å². The van der Waals surface area contributed by atoms with Gasteiger partial charge in [0.25, 0.3) is 5.91 Å². The SMILES string of the molecule is Cc1cc(CNC(=O)c2cccc(COCC(F)(F)F)c2)nn1C. The Kier molecular flexibility index (Phi) is 5.61. The van der Waals surface area contributed by atoms with E-state index in [9.17, 15) is 18.0 Å². The largest absolute Gasteiger partial charge is 0.411 e. The van der Waals surface area contributed by atoms with Crippen molar-refractivity contribution in [1.29, 1.82) is 0 Å². The lowest BCUT2D eigenvalue weighted by Crippen LogP contribution is -2.23. The van der Waals surface area contributed by atoms with Gasteiger partial charge >= 0.3 is 6.18 Å². The Bertz CT molecular complexity index is 691. The highest BCUT2D eigenvalue weighted by Gasteiger charge is 2.27. The van der Waals surface area contributed by atoms with Crippen molar-refractivity contribution in [1.82, 2.24) is 15.1 Å². The molecule has 0 aliphatic heterocycles. The number of carbonyl (C=O) groups excluding carboxylic acids is 1. The summed E-state index contributed by atoms with van der Waals surface area (Å²) in [6.45, 7) is 0.653. The summed E-state index contributed by atoms with van der Waals surface area (Å²) in [4.78, 5) is 12.1. The number of aromatic nitrogens is 2. The van der Waals surface area contributed by atoms with Gasteiger partial charge in [-0.1, -0.05) is 12.1 Å². The highest BCUT2D eigenvalue weighted by atomic mass is 19.4. The fraction of sp³-hybridized carbons (Fsp3) is 0.375. The van der Waals surface area contributed by atoms with E-state index in [1.54, 1.807) is 22.9 Å². The Morgan fingerprint density at radius 2 is 2.08 bits per heavy atom. The third-order valence-corrected chi connectivity index (χ3v) is 3.32. The Morgan fingerprint density at radius 3 is 2.71 bits per heavy atom. The van der Waals surface area contributed by atoms with Crippen LogP contribution in [0.15, 0.2) is 30.3 Å². The molecule has 1 aromatic carbocycles. The van der Waals surface area contributed by atoms with Crippen LogP contribution < -0.4 is 5.32 Å². The number of nitrogens with zero attached hydrogens (tertiary/aromatic N) is 2. The molecule has 0 saturated heterocycles. The molecule has 0 saturated carbocycles. The van der Waals surface area contributed by atoms with Crippen molar-refractivity contribution in [3.63, 3.8) is 0 Å². The maximum Gasteiger partial charge on any atom is 0.411 e. The Morgan fingerprint density at radius 1 is 1.33 bits per heavy atom. The quantitative estimate of drug-likeness (QED) is 0.879. The molecule has 0 radical (unpaired) electrons. The first kappa shape index (κ1) is 18.0. The van der Waals surface area contributed by atoms with Crippen LogP contribution in [0.25, 0.3) is 0 Å². The topological polar surface area (TPSA) is 56.1 Å². The minimum absolute atomic E-state index is 0.208. The maximum absolute atomic E-state index is 12.1. The van der Waals surface area contributed by atoms with Crippen LogP contribution >= 0.6 is 0 Å². The fourth-order valence-corrected chi connectivity index (χ4v) is 2.08. The molecule has 0 bridgehead atoms. The van der Waals surface area contributed by atoms with Crippen molar-refractivity contribution in [2.45, 2.75) is 26.3 Å². The highest BCUT2D eigenvalue weighted by molar-refractivity contribution is 5.94. The van der Waals surface area contributed by atoms with Gasteiger partial charge in [0, 0.05) is 18.3 Å². The molecule has 0 aliphatic carbocycles. The number of carbonyl (C=O) groups is 1. The number of rotatable bonds is 6. The van der Waals surface area contributed by atoms with E-state index in [-0.39, 0.29) is 19.1 Å². The summed E-state index contributed by atoms with van der Waals surface area (Å²) in [6, 6.07) is 8.17. The van der Waals surface area contributed by atoms with Gasteiger partial charge in [-0.25, -0.2) is 0 Å². The summed E-state index contributed by atoms with van der Waals surface area (Å²) in [7, 11) is 1.81. The van der Waals surface area contributed by atoms with Crippen LogP contribution in [0.2, 0.25) is 0 Å². The number of benzene rings is 1. The van der Waals surface area contributed by atoms with E-state index in [2.05, 4.69) is 15.2 Å². The second-order valence-corrected chi connectivity index (χ2v) is 5.39. The van der Waals surface area contributed by atoms with E-state index < -0.39 is 12.8 Å². The number of hydrogen-bond acceptors (Lipinski definition) is 3.